The molecule has 1 fully saturated rings. The van der Waals surface area contributed by atoms with Crippen molar-refractivity contribution in [2.45, 2.75) is 59.0 Å². The van der Waals surface area contributed by atoms with Gasteiger partial charge in [0.1, 0.15) is 11.6 Å². The van der Waals surface area contributed by atoms with Crippen LogP contribution < -0.4 is 10.1 Å². The zero-order valence-electron chi connectivity index (χ0n) is 14.3. The van der Waals surface area contributed by atoms with Crippen molar-refractivity contribution in [2.75, 3.05) is 25.1 Å². The van der Waals surface area contributed by atoms with E-state index in [1.54, 1.807) is 0 Å². The Balaban J connectivity index is 1.88. The van der Waals surface area contributed by atoms with Crippen molar-refractivity contribution in [3.8, 4) is 5.88 Å². The summed E-state index contributed by atoms with van der Waals surface area (Å²) in [5, 5.41) is 3.36. The van der Waals surface area contributed by atoms with Gasteiger partial charge in [-0.2, -0.15) is 4.98 Å². The van der Waals surface area contributed by atoms with Gasteiger partial charge in [-0.25, -0.2) is 4.98 Å². The quantitative estimate of drug-likeness (QED) is 0.669. The number of ether oxygens (including phenoxy) is 2. The summed E-state index contributed by atoms with van der Waals surface area (Å²) < 4.78 is 11.3. The Labute approximate surface area is 133 Å². The molecule has 1 heterocycles. The first-order chi connectivity index (χ1) is 10.5. The molecule has 1 aromatic heterocycles. The fourth-order valence-corrected chi connectivity index (χ4v) is 1.99. The van der Waals surface area contributed by atoms with Crippen LogP contribution >= 0.6 is 0 Å². The van der Waals surface area contributed by atoms with Gasteiger partial charge in [-0.1, -0.05) is 13.8 Å². The van der Waals surface area contributed by atoms with Crippen LogP contribution in [-0.4, -0.2) is 35.8 Å². The van der Waals surface area contributed by atoms with E-state index in [1.165, 1.54) is 12.8 Å². The standard InChI is InChI=1S/C17H29N3O2/c1-12(2)11-22-16-10-15(18-8-5-9-21-13(3)4)19-17(20-16)14-6-7-14/h10,12-14H,5-9,11H2,1-4H3,(H,18,19,20). The molecule has 124 valence electrons. The monoisotopic (exact) mass is 307 g/mol. The summed E-state index contributed by atoms with van der Waals surface area (Å²) in [5.74, 6) is 3.48. The lowest BCUT2D eigenvalue weighted by molar-refractivity contribution is 0.0787. The Morgan fingerprint density at radius 3 is 2.64 bits per heavy atom. The number of aromatic nitrogens is 2. The van der Waals surface area contributed by atoms with Crippen molar-refractivity contribution in [2.24, 2.45) is 5.92 Å². The topological polar surface area (TPSA) is 56.3 Å². The third-order valence-corrected chi connectivity index (χ3v) is 3.31. The number of nitrogens with zero attached hydrogens (tertiary/aromatic N) is 2. The third kappa shape index (κ3) is 6.18. The van der Waals surface area contributed by atoms with Gasteiger partial charge in [-0.15, -0.1) is 0 Å². The Hall–Kier alpha value is -1.36. The summed E-state index contributed by atoms with van der Waals surface area (Å²) in [7, 11) is 0. The van der Waals surface area contributed by atoms with Crippen LogP contribution in [0.2, 0.25) is 0 Å². The first-order valence-corrected chi connectivity index (χ1v) is 8.42. The predicted octanol–water partition coefficient (Wildman–Crippen LogP) is 3.62. The van der Waals surface area contributed by atoms with Crippen molar-refractivity contribution in [1.82, 2.24) is 9.97 Å². The molecule has 1 saturated carbocycles. The van der Waals surface area contributed by atoms with Gasteiger partial charge in [0, 0.05) is 25.1 Å². The van der Waals surface area contributed by atoms with Gasteiger partial charge in [0.15, 0.2) is 0 Å². The van der Waals surface area contributed by atoms with Crippen molar-refractivity contribution >= 4 is 5.82 Å². The summed E-state index contributed by atoms with van der Waals surface area (Å²) >= 11 is 0. The highest BCUT2D eigenvalue weighted by Gasteiger charge is 2.27. The summed E-state index contributed by atoms with van der Waals surface area (Å²) in [4.78, 5) is 9.15. The smallest absolute Gasteiger partial charge is 0.218 e. The zero-order chi connectivity index (χ0) is 15.9. The van der Waals surface area contributed by atoms with Gasteiger partial charge in [0.2, 0.25) is 5.88 Å². The average molecular weight is 307 g/mol. The second kappa shape index (κ2) is 8.32. The molecule has 1 aromatic rings. The SMILES string of the molecule is CC(C)COc1cc(NCCCOC(C)C)nc(C2CC2)n1. The molecular formula is C17H29N3O2. The predicted molar refractivity (Wildman–Crippen MR) is 88.5 cm³/mol. The van der Waals surface area contributed by atoms with Crippen LogP contribution in [0, 0.1) is 5.92 Å². The minimum atomic E-state index is 0.288. The van der Waals surface area contributed by atoms with E-state index in [0.29, 0.717) is 24.3 Å². The molecule has 1 aliphatic rings. The molecule has 0 saturated heterocycles. The molecule has 0 aromatic carbocycles. The number of hydrogen-bond acceptors (Lipinski definition) is 5. The molecule has 0 atom stereocenters. The van der Waals surface area contributed by atoms with Gasteiger partial charge in [-0.05, 0) is 39.0 Å². The molecule has 22 heavy (non-hydrogen) atoms. The van der Waals surface area contributed by atoms with E-state index < -0.39 is 0 Å². The molecule has 0 amide bonds. The van der Waals surface area contributed by atoms with Crippen LogP contribution in [0.4, 0.5) is 5.82 Å². The van der Waals surface area contributed by atoms with Crippen LogP contribution in [0.3, 0.4) is 0 Å². The molecule has 0 aliphatic heterocycles. The fraction of sp³-hybridized carbons (Fsp3) is 0.765. The maximum absolute atomic E-state index is 5.77. The normalized spacial score (nSPS) is 14.6. The maximum Gasteiger partial charge on any atom is 0.218 e. The molecule has 2 rings (SSSR count). The highest BCUT2D eigenvalue weighted by atomic mass is 16.5. The second-order valence-corrected chi connectivity index (χ2v) is 6.63. The maximum atomic E-state index is 5.77. The van der Waals surface area contributed by atoms with E-state index in [2.05, 4.69) is 43.0 Å². The van der Waals surface area contributed by atoms with E-state index in [4.69, 9.17) is 9.47 Å². The number of rotatable bonds is 10. The number of nitrogens with one attached hydrogen (secondary N) is 1. The number of anilines is 1. The highest BCUT2D eigenvalue weighted by Crippen LogP contribution is 2.39. The molecule has 1 aliphatic carbocycles. The van der Waals surface area contributed by atoms with Gasteiger partial charge in [-0.3, -0.25) is 0 Å². The minimum absolute atomic E-state index is 0.288. The van der Waals surface area contributed by atoms with Crippen LogP contribution in [0.25, 0.3) is 0 Å². The average Bonchev–Trinajstić information content (AvgIpc) is 3.29. The molecule has 0 bridgehead atoms. The lowest BCUT2D eigenvalue weighted by Gasteiger charge is -2.12. The van der Waals surface area contributed by atoms with Crippen LogP contribution in [0.5, 0.6) is 5.88 Å². The van der Waals surface area contributed by atoms with Gasteiger partial charge in [0.25, 0.3) is 0 Å². The van der Waals surface area contributed by atoms with E-state index in [1.807, 2.05) is 6.07 Å². The highest BCUT2D eigenvalue weighted by molar-refractivity contribution is 5.39. The summed E-state index contributed by atoms with van der Waals surface area (Å²) in [6.45, 7) is 10.7. The van der Waals surface area contributed by atoms with Crippen LogP contribution in [0.15, 0.2) is 6.07 Å². The van der Waals surface area contributed by atoms with E-state index in [9.17, 15) is 0 Å². The summed E-state index contributed by atoms with van der Waals surface area (Å²) in [6, 6.07) is 1.90. The number of hydrogen-bond donors (Lipinski definition) is 1. The van der Waals surface area contributed by atoms with Crippen molar-refractivity contribution < 1.29 is 9.47 Å². The van der Waals surface area contributed by atoms with Gasteiger partial charge in [0.05, 0.1) is 12.7 Å². The van der Waals surface area contributed by atoms with Crippen molar-refractivity contribution in [3.63, 3.8) is 0 Å². The first kappa shape index (κ1) is 17.0. The Morgan fingerprint density at radius 1 is 1.23 bits per heavy atom. The van der Waals surface area contributed by atoms with Crippen molar-refractivity contribution in [1.29, 1.82) is 0 Å². The molecule has 1 N–H and O–H groups in total. The van der Waals surface area contributed by atoms with Gasteiger partial charge >= 0.3 is 0 Å². The lowest BCUT2D eigenvalue weighted by Crippen LogP contribution is -2.12. The van der Waals surface area contributed by atoms with Crippen LogP contribution in [-0.2, 0) is 4.74 Å². The zero-order valence-corrected chi connectivity index (χ0v) is 14.3. The largest absolute Gasteiger partial charge is 0.477 e. The van der Waals surface area contributed by atoms with E-state index in [-0.39, 0.29) is 6.10 Å². The first-order valence-electron chi connectivity index (χ1n) is 8.42. The van der Waals surface area contributed by atoms with Crippen molar-refractivity contribution in [3.05, 3.63) is 11.9 Å². The molecule has 5 heteroatoms. The van der Waals surface area contributed by atoms with E-state index >= 15 is 0 Å². The molecular weight excluding hydrogens is 278 g/mol. The molecule has 0 radical (unpaired) electrons. The Morgan fingerprint density at radius 2 is 2.00 bits per heavy atom. The molecule has 5 nitrogen and oxygen atoms in total. The Bertz CT molecular complexity index is 459. The van der Waals surface area contributed by atoms with Crippen LogP contribution in [0.1, 0.15) is 58.7 Å². The summed E-state index contributed by atoms with van der Waals surface area (Å²) in [6.07, 6.45) is 3.63. The molecule has 0 unspecified atom stereocenters. The Kier molecular flexibility index (Phi) is 6.43. The second-order valence-electron chi connectivity index (χ2n) is 6.63. The van der Waals surface area contributed by atoms with Gasteiger partial charge < -0.3 is 14.8 Å². The molecule has 0 spiro atoms. The summed E-state index contributed by atoms with van der Waals surface area (Å²) in [5.41, 5.74) is 0. The lowest BCUT2D eigenvalue weighted by atomic mass is 10.2. The third-order valence-electron chi connectivity index (χ3n) is 3.31. The minimum Gasteiger partial charge on any atom is -0.477 e. The fourth-order valence-electron chi connectivity index (χ4n) is 1.99. The van der Waals surface area contributed by atoms with E-state index in [0.717, 1.165) is 31.2 Å².